The molecule has 0 bridgehead atoms. The second-order valence-electron chi connectivity index (χ2n) is 10.3. The summed E-state index contributed by atoms with van der Waals surface area (Å²) < 4.78 is 8.75. The van der Waals surface area contributed by atoms with Crippen LogP contribution in [-0.4, -0.2) is 14.5 Å². The highest BCUT2D eigenvalue weighted by Crippen LogP contribution is 2.40. The third-order valence-corrected chi connectivity index (χ3v) is 8.01. The highest BCUT2D eigenvalue weighted by Gasteiger charge is 2.18. The Kier molecular flexibility index (Phi) is 4.30. The van der Waals surface area contributed by atoms with Crippen molar-refractivity contribution < 1.29 is 4.42 Å². The van der Waals surface area contributed by atoms with Gasteiger partial charge in [0, 0.05) is 38.9 Å². The summed E-state index contributed by atoms with van der Waals surface area (Å²) in [6, 6.07) is 42.3. The number of para-hydroxylation sites is 1. The molecule has 0 N–H and O–H groups in total. The lowest BCUT2D eigenvalue weighted by Gasteiger charge is -2.09. The fourth-order valence-electron chi connectivity index (χ4n) is 6.17. The Labute approximate surface area is 228 Å². The SMILES string of the molecule is c1ccc(-c2cnc3cc(-n4c5ccccc5c5cc6c(cc54)oc4ccc5ccccc5c46)ccc3n2)cc1. The van der Waals surface area contributed by atoms with Crippen molar-refractivity contribution in [2.75, 3.05) is 0 Å². The van der Waals surface area contributed by atoms with E-state index in [1.54, 1.807) is 0 Å². The van der Waals surface area contributed by atoms with Crippen LogP contribution in [0.5, 0.6) is 0 Å². The summed E-state index contributed by atoms with van der Waals surface area (Å²) in [4.78, 5) is 9.70. The first-order valence-electron chi connectivity index (χ1n) is 13.4. The average Bonchev–Trinajstić information content (AvgIpc) is 3.55. The molecule has 0 aliphatic carbocycles. The van der Waals surface area contributed by atoms with Gasteiger partial charge in [-0.2, -0.15) is 0 Å². The maximum Gasteiger partial charge on any atom is 0.137 e. The third kappa shape index (κ3) is 3.01. The Hall–Kier alpha value is -5.48. The molecule has 3 aromatic heterocycles. The molecule has 4 nitrogen and oxygen atoms in total. The first-order valence-corrected chi connectivity index (χ1v) is 13.4. The van der Waals surface area contributed by atoms with Gasteiger partial charge in [0.05, 0.1) is 34.0 Å². The van der Waals surface area contributed by atoms with Crippen LogP contribution < -0.4 is 0 Å². The van der Waals surface area contributed by atoms with E-state index in [2.05, 4.69) is 108 Å². The fourth-order valence-corrected chi connectivity index (χ4v) is 6.17. The van der Waals surface area contributed by atoms with Gasteiger partial charge in [0.25, 0.3) is 0 Å². The van der Waals surface area contributed by atoms with E-state index in [-0.39, 0.29) is 0 Å². The Morgan fingerprint density at radius 2 is 1.38 bits per heavy atom. The van der Waals surface area contributed by atoms with Gasteiger partial charge in [-0.25, -0.2) is 4.98 Å². The van der Waals surface area contributed by atoms with Crippen molar-refractivity contribution in [3.05, 3.63) is 128 Å². The third-order valence-electron chi connectivity index (χ3n) is 8.01. The average molecular weight is 512 g/mol. The first kappa shape index (κ1) is 21.5. The quantitative estimate of drug-likeness (QED) is 0.232. The van der Waals surface area contributed by atoms with Crippen molar-refractivity contribution in [2.45, 2.75) is 0 Å². The standard InChI is InChI=1S/C36H21N3O/c1-2-9-23(10-3-1)31-21-37-30-18-24(15-16-29(30)38-31)39-32-13-7-6-12-26(32)27-19-28-35(20-33(27)39)40-34-17-14-22-8-4-5-11-25(22)36(28)34/h1-21H. The molecule has 0 saturated heterocycles. The summed E-state index contributed by atoms with van der Waals surface area (Å²) in [6.45, 7) is 0. The molecular weight excluding hydrogens is 490 g/mol. The van der Waals surface area contributed by atoms with Gasteiger partial charge < -0.3 is 8.98 Å². The minimum Gasteiger partial charge on any atom is -0.456 e. The molecule has 0 aliphatic rings. The van der Waals surface area contributed by atoms with Crippen LogP contribution >= 0.6 is 0 Å². The van der Waals surface area contributed by atoms with E-state index in [9.17, 15) is 0 Å². The van der Waals surface area contributed by atoms with Crippen molar-refractivity contribution in [3.63, 3.8) is 0 Å². The Balaban J connectivity index is 1.31. The lowest BCUT2D eigenvalue weighted by molar-refractivity contribution is 0.669. The molecular formula is C36H21N3O. The van der Waals surface area contributed by atoms with Crippen molar-refractivity contribution >= 4 is 65.6 Å². The molecule has 40 heavy (non-hydrogen) atoms. The molecule has 9 aromatic rings. The summed E-state index contributed by atoms with van der Waals surface area (Å²) >= 11 is 0. The molecule has 0 fully saturated rings. The number of rotatable bonds is 2. The fraction of sp³-hybridized carbons (Fsp3) is 0. The van der Waals surface area contributed by atoms with E-state index in [0.717, 1.165) is 55.6 Å². The van der Waals surface area contributed by atoms with Gasteiger partial charge in [-0.15, -0.1) is 0 Å². The van der Waals surface area contributed by atoms with Crippen LogP contribution in [0.3, 0.4) is 0 Å². The maximum absolute atomic E-state index is 6.45. The predicted molar refractivity (Wildman–Crippen MR) is 164 cm³/mol. The van der Waals surface area contributed by atoms with E-state index < -0.39 is 0 Å². The summed E-state index contributed by atoms with van der Waals surface area (Å²) in [5.74, 6) is 0. The van der Waals surface area contributed by atoms with Crippen LogP contribution in [0.4, 0.5) is 0 Å². The Bertz CT molecular complexity index is 2430. The predicted octanol–water partition coefficient (Wildman–Crippen LogP) is 9.45. The number of furan rings is 1. The van der Waals surface area contributed by atoms with Gasteiger partial charge in [-0.3, -0.25) is 4.98 Å². The van der Waals surface area contributed by atoms with Gasteiger partial charge >= 0.3 is 0 Å². The molecule has 4 heteroatoms. The van der Waals surface area contributed by atoms with Crippen LogP contribution in [0.2, 0.25) is 0 Å². The number of benzene rings is 6. The summed E-state index contributed by atoms with van der Waals surface area (Å²) in [5, 5.41) is 7.14. The highest BCUT2D eigenvalue weighted by molar-refractivity contribution is 6.23. The minimum absolute atomic E-state index is 0.861. The first-order chi connectivity index (χ1) is 19.8. The summed E-state index contributed by atoms with van der Waals surface area (Å²) in [5.41, 5.74) is 8.75. The maximum atomic E-state index is 6.45. The number of aromatic nitrogens is 3. The van der Waals surface area contributed by atoms with Crippen molar-refractivity contribution in [1.82, 2.24) is 14.5 Å². The smallest absolute Gasteiger partial charge is 0.137 e. The van der Waals surface area contributed by atoms with E-state index >= 15 is 0 Å². The highest BCUT2D eigenvalue weighted by atomic mass is 16.3. The lowest BCUT2D eigenvalue weighted by Crippen LogP contribution is -1.95. The summed E-state index contributed by atoms with van der Waals surface area (Å²) in [6.07, 6.45) is 1.86. The number of nitrogens with zero attached hydrogens (tertiary/aromatic N) is 3. The van der Waals surface area contributed by atoms with Crippen LogP contribution in [0.1, 0.15) is 0 Å². The van der Waals surface area contributed by atoms with Crippen molar-refractivity contribution in [2.24, 2.45) is 0 Å². The molecule has 0 atom stereocenters. The second-order valence-corrected chi connectivity index (χ2v) is 10.3. The number of hydrogen-bond donors (Lipinski definition) is 0. The summed E-state index contributed by atoms with van der Waals surface area (Å²) in [7, 11) is 0. The van der Waals surface area contributed by atoms with Gasteiger partial charge in [0.1, 0.15) is 11.2 Å². The number of fused-ring (bicyclic) bond motifs is 9. The zero-order valence-corrected chi connectivity index (χ0v) is 21.4. The Morgan fingerprint density at radius 1 is 0.550 bits per heavy atom. The van der Waals surface area contributed by atoms with Gasteiger partial charge in [0.2, 0.25) is 0 Å². The van der Waals surface area contributed by atoms with E-state index in [0.29, 0.717) is 0 Å². The number of hydrogen-bond acceptors (Lipinski definition) is 3. The topological polar surface area (TPSA) is 43.9 Å². The molecule has 3 heterocycles. The zero-order valence-electron chi connectivity index (χ0n) is 21.4. The molecule has 0 saturated carbocycles. The van der Waals surface area contributed by atoms with Crippen molar-refractivity contribution in [1.29, 1.82) is 0 Å². The molecule has 0 unspecified atom stereocenters. The Morgan fingerprint density at radius 3 is 2.30 bits per heavy atom. The second kappa shape index (κ2) is 8.01. The van der Waals surface area contributed by atoms with Gasteiger partial charge in [-0.05, 0) is 47.2 Å². The van der Waals surface area contributed by atoms with Gasteiger partial charge in [-0.1, -0.05) is 78.9 Å². The van der Waals surface area contributed by atoms with Crippen LogP contribution in [-0.2, 0) is 0 Å². The molecule has 186 valence electrons. The van der Waals surface area contributed by atoms with E-state index in [1.165, 1.54) is 26.9 Å². The minimum atomic E-state index is 0.861. The van der Waals surface area contributed by atoms with E-state index in [1.807, 2.05) is 24.4 Å². The normalized spacial score (nSPS) is 12.0. The van der Waals surface area contributed by atoms with Crippen LogP contribution in [0.15, 0.2) is 132 Å². The monoisotopic (exact) mass is 511 g/mol. The van der Waals surface area contributed by atoms with Crippen molar-refractivity contribution in [3.8, 4) is 16.9 Å². The van der Waals surface area contributed by atoms with Crippen LogP contribution in [0.25, 0.3) is 82.5 Å². The van der Waals surface area contributed by atoms with Gasteiger partial charge in [0.15, 0.2) is 0 Å². The molecule has 0 spiro atoms. The largest absolute Gasteiger partial charge is 0.456 e. The molecule has 0 aliphatic heterocycles. The zero-order chi connectivity index (χ0) is 26.2. The molecule has 9 rings (SSSR count). The van der Waals surface area contributed by atoms with Crippen LogP contribution in [0, 0.1) is 0 Å². The lowest BCUT2D eigenvalue weighted by atomic mass is 10.0. The molecule has 6 aromatic carbocycles. The molecule has 0 radical (unpaired) electrons. The van der Waals surface area contributed by atoms with E-state index in [4.69, 9.17) is 14.4 Å². The molecule has 0 amide bonds.